The number of nitrogens with one attached hydrogen (secondary N) is 2. The number of aliphatic hydroxyl groups excluding tert-OH is 1. The molecule has 2 aliphatic rings. The fourth-order valence-corrected chi connectivity index (χ4v) is 5.76. The first kappa shape index (κ1) is 20.4. The quantitative estimate of drug-likeness (QED) is 0.238. The third-order valence-corrected chi connectivity index (χ3v) is 6.94. The Hall–Kier alpha value is -1.86. The molecule has 0 aliphatic heterocycles. The molecule has 0 spiro atoms. The molecule has 2 fully saturated rings. The summed E-state index contributed by atoms with van der Waals surface area (Å²) in [5, 5.41) is 25.9. The second kappa shape index (κ2) is 9.31. The van der Waals surface area contributed by atoms with Crippen LogP contribution in [-0.2, 0) is 0 Å². The fraction of sp³-hybridized carbons (Fsp3) is 0.636. The molecule has 2 aromatic heterocycles. The number of H-pyrrole nitrogens is 1. The van der Waals surface area contributed by atoms with E-state index in [1.54, 1.807) is 6.20 Å². The van der Waals surface area contributed by atoms with E-state index in [1.165, 1.54) is 32.1 Å². The Morgan fingerprint density at radius 3 is 3.07 bits per heavy atom. The van der Waals surface area contributed by atoms with Crippen LogP contribution in [0.25, 0.3) is 11.0 Å². The molecule has 0 radical (unpaired) electrons. The van der Waals surface area contributed by atoms with Crippen LogP contribution in [0.1, 0.15) is 57.4 Å². The maximum absolute atomic E-state index is 10.1. The molecule has 2 heterocycles. The molecule has 0 saturated heterocycles. The van der Waals surface area contributed by atoms with Crippen LogP contribution in [0.3, 0.4) is 0 Å². The van der Waals surface area contributed by atoms with E-state index in [1.807, 2.05) is 12.3 Å². The molecule has 7 heteroatoms. The lowest BCUT2D eigenvalue weighted by Crippen LogP contribution is -2.43. The van der Waals surface area contributed by atoms with Gasteiger partial charge in [-0.2, -0.15) is 5.10 Å². The summed E-state index contributed by atoms with van der Waals surface area (Å²) < 4.78 is 0. The van der Waals surface area contributed by atoms with Crippen molar-refractivity contribution >= 4 is 29.7 Å². The Kier molecular flexibility index (Phi) is 6.55. The Morgan fingerprint density at radius 2 is 2.28 bits per heavy atom. The number of hydrazone groups is 1. The van der Waals surface area contributed by atoms with Crippen molar-refractivity contribution in [3.8, 4) is 0 Å². The van der Waals surface area contributed by atoms with Gasteiger partial charge < -0.3 is 20.5 Å². The molecule has 6 nitrogen and oxygen atoms in total. The van der Waals surface area contributed by atoms with E-state index in [9.17, 15) is 10.1 Å². The average Bonchev–Trinajstić information content (AvgIpc) is 3.21. The normalized spacial score (nSPS) is 27.2. The average molecular weight is 396 g/mol. The van der Waals surface area contributed by atoms with Crippen LogP contribution in [0, 0.1) is 23.7 Å². The molecule has 0 aromatic carbocycles. The standard InChI is InChI=1S/C22H33BN4O2/c1-2-8-26-27-21(20-17-6-9-24-22(17)25-13-18(20)23-29)19-15-5-3-4-14(11-15)12-16(19)7-10-28/h6,9,13-16,19,23,26,28-29H,2-5,7-8,10-12H2,1H3,(H,24,25)/b27-21-. The maximum Gasteiger partial charge on any atom is 0.307 e. The summed E-state index contributed by atoms with van der Waals surface area (Å²) in [4.78, 5) is 7.69. The van der Waals surface area contributed by atoms with Crippen LogP contribution in [0.4, 0.5) is 0 Å². The molecule has 2 aliphatic carbocycles. The van der Waals surface area contributed by atoms with Gasteiger partial charge in [0.2, 0.25) is 0 Å². The van der Waals surface area contributed by atoms with Crippen LogP contribution in [-0.4, -0.2) is 46.4 Å². The Bertz CT molecular complexity index is 852. The highest BCUT2D eigenvalue weighted by atomic mass is 16.3. The van der Waals surface area contributed by atoms with E-state index < -0.39 is 0 Å². The second-order valence-corrected chi connectivity index (χ2v) is 8.79. The van der Waals surface area contributed by atoms with Gasteiger partial charge in [-0.05, 0) is 61.4 Å². The number of aromatic nitrogens is 2. The third-order valence-electron chi connectivity index (χ3n) is 6.94. The zero-order valence-corrected chi connectivity index (χ0v) is 17.4. The molecule has 2 aromatic rings. The van der Waals surface area contributed by atoms with E-state index in [-0.39, 0.29) is 14.1 Å². The summed E-state index contributed by atoms with van der Waals surface area (Å²) in [5.74, 6) is 2.11. The first-order chi connectivity index (χ1) is 14.3. The van der Waals surface area contributed by atoms with E-state index >= 15 is 0 Å². The first-order valence-corrected chi connectivity index (χ1v) is 11.2. The molecule has 2 bridgehead atoms. The number of nitrogens with zero attached hydrogens (tertiary/aromatic N) is 2. The van der Waals surface area contributed by atoms with Gasteiger partial charge in [-0.15, -0.1) is 0 Å². The molecule has 4 rings (SSSR count). The van der Waals surface area contributed by atoms with Gasteiger partial charge in [0.25, 0.3) is 0 Å². The van der Waals surface area contributed by atoms with Gasteiger partial charge in [0.1, 0.15) is 5.65 Å². The number of fused-ring (bicyclic) bond motifs is 3. The Labute approximate surface area is 173 Å². The number of hydrogen-bond acceptors (Lipinski definition) is 5. The summed E-state index contributed by atoms with van der Waals surface area (Å²) in [7, 11) is -0.0546. The highest BCUT2D eigenvalue weighted by Crippen LogP contribution is 2.48. The van der Waals surface area contributed by atoms with Gasteiger partial charge in [0.15, 0.2) is 0 Å². The van der Waals surface area contributed by atoms with Crippen LogP contribution >= 0.6 is 0 Å². The maximum atomic E-state index is 10.1. The molecule has 0 amide bonds. The largest absolute Gasteiger partial charge is 0.449 e. The minimum absolute atomic E-state index is 0.0546. The summed E-state index contributed by atoms with van der Waals surface area (Å²) in [5.41, 5.74) is 7.03. The van der Waals surface area contributed by atoms with Crippen molar-refractivity contribution in [1.82, 2.24) is 15.4 Å². The van der Waals surface area contributed by atoms with E-state index in [0.717, 1.165) is 53.1 Å². The van der Waals surface area contributed by atoms with Gasteiger partial charge in [-0.1, -0.05) is 19.8 Å². The first-order valence-electron chi connectivity index (χ1n) is 11.2. The zero-order chi connectivity index (χ0) is 20.2. The smallest absolute Gasteiger partial charge is 0.307 e. The van der Waals surface area contributed by atoms with Crippen molar-refractivity contribution in [3.63, 3.8) is 0 Å². The fourth-order valence-electron chi connectivity index (χ4n) is 5.76. The molecule has 29 heavy (non-hydrogen) atoms. The van der Waals surface area contributed by atoms with Gasteiger partial charge >= 0.3 is 7.48 Å². The molecule has 4 unspecified atom stereocenters. The molecular weight excluding hydrogens is 363 g/mol. The van der Waals surface area contributed by atoms with E-state index in [0.29, 0.717) is 17.8 Å². The van der Waals surface area contributed by atoms with Crippen molar-refractivity contribution in [2.75, 3.05) is 13.2 Å². The topological polar surface area (TPSA) is 93.5 Å². The van der Waals surface area contributed by atoms with Gasteiger partial charge in [0, 0.05) is 42.4 Å². The van der Waals surface area contributed by atoms with Crippen molar-refractivity contribution < 1.29 is 10.1 Å². The van der Waals surface area contributed by atoms with Gasteiger partial charge in [-0.3, -0.25) is 0 Å². The molecule has 2 saturated carbocycles. The molecule has 4 N–H and O–H groups in total. The van der Waals surface area contributed by atoms with Crippen molar-refractivity contribution in [3.05, 3.63) is 24.0 Å². The number of rotatable bonds is 8. The van der Waals surface area contributed by atoms with Gasteiger partial charge in [0.05, 0.1) is 5.71 Å². The predicted octanol–water partition coefficient (Wildman–Crippen LogP) is 2.06. The summed E-state index contributed by atoms with van der Waals surface area (Å²) in [6.07, 6.45) is 11.8. The summed E-state index contributed by atoms with van der Waals surface area (Å²) >= 11 is 0. The number of hydrogen-bond donors (Lipinski definition) is 4. The van der Waals surface area contributed by atoms with Crippen LogP contribution in [0.15, 0.2) is 23.6 Å². The molecular formula is C22H33BN4O2. The summed E-state index contributed by atoms with van der Waals surface area (Å²) in [6.45, 7) is 3.18. The van der Waals surface area contributed by atoms with E-state index in [2.05, 4.69) is 22.3 Å². The monoisotopic (exact) mass is 396 g/mol. The third kappa shape index (κ3) is 4.08. The predicted molar refractivity (Wildman–Crippen MR) is 119 cm³/mol. The van der Waals surface area contributed by atoms with Gasteiger partial charge in [-0.25, -0.2) is 4.98 Å². The minimum atomic E-state index is -0.0546. The number of aromatic amines is 1. The van der Waals surface area contributed by atoms with E-state index in [4.69, 9.17) is 5.10 Å². The van der Waals surface area contributed by atoms with Crippen molar-refractivity contribution in [2.24, 2.45) is 28.8 Å². The highest BCUT2D eigenvalue weighted by Gasteiger charge is 2.43. The lowest BCUT2D eigenvalue weighted by molar-refractivity contribution is 0.0836. The van der Waals surface area contributed by atoms with Crippen LogP contribution in [0.2, 0.25) is 0 Å². The van der Waals surface area contributed by atoms with Crippen molar-refractivity contribution in [1.29, 1.82) is 0 Å². The van der Waals surface area contributed by atoms with Crippen LogP contribution in [0.5, 0.6) is 0 Å². The van der Waals surface area contributed by atoms with Crippen LogP contribution < -0.4 is 10.9 Å². The SMILES string of the molecule is CCCN/N=C(\c1c(BO)cnc2[nH]ccc12)C1C(CCO)CC2CCCC1C2. The van der Waals surface area contributed by atoms with Crippen molar-refractivity contribution in [2.45, 2.75) is 51.9 Å². The highest BCUT2D eigenvalue weighted by molar-refractivity contribution is 6.49. The lowest BCUT2D eigenvalue weighted by Gasteiger charge is -2.46. The Balaban J connectivity index is 1.84. The summed E-state index contributed by atoms with van der Waals surface area (Å²) in [6, 6.07) is 2.04. The molecule has 4 atom stereocenters. The molecule has 156 valence electrons. The second-order valence-electron chi connectivity index (χ2n) is 8.79. The lowest BCUT2D eigenvalue weighted by atomic mass is 9.59. The zero-order valence-electron chi connectivity index (χ0n) is 17.4. The minimum Gasteiger partial charge on any atom is -0.449 e. The Morgan fingerprint density at radius 1 is 1.38 bits per heavy atom. The number of aliphatic hydroxyl groups is 1. The number of pyridine rings is 1.